The number of halogens is 1. The molecule has 0 radical (unpaired) electrons. The standard InChI is InChI=1S/C21H20ClN3O5S/c1-13-2-4-18(16(10-13)21(26)27)24-20-15-11-14(22)3-5-17(15)23-12-19(20)31(28,29)25-6-8-30-9-7-25/h2-5,10-12H,6-9H2,1H3,(H,23,24)(H,26,27). The van der Waals surface area contributed by atoms with Gasteiger partial charge in [0.1, 0.15) is 4.90 Å². The molecule has 1 saturated heterocycles. The summed E-state index contributed by atoms with van der Waals surface area (Å²) in [6.45, 7) is 2.83. The number of morpholine rings is 1. The van der Waals surface area contributed by atoms with Crippen molar-refractivity contribution >= 4 is 49.9 Å². The molecular formula is C21H20ClN3O5S. The maximum absolute atomic E-state index is 13.4. The highest BCUT2D eigenvalue weighted by molar-refractivity contribution is 7.89. The number of sulfonamides is 1. The number of hydrogen-bond donors (Lipinski definition) is 2. The maximum atomic E-state index is 13.4. The van der Waals surface area contributed by atoms with E-state index in [9.17, 15) is 18.3 Å². The molecule has 0 saturated carbocycles. The molecule has 0 aliphatic carbocycles. The minimum absolute atomic E-state index is 0.0294. The number of anilines is 2. The first kappa shape index (κ1) is 21.5. The second kappa shape index (κ2) is 8.43. The van der Waals surface area contributed by atoms with Crippen LogP contribution in [0.1, 0.15) is 15.9 Å². The molecule has 2 heterocycles. The number of fused-ring (bicyclic) bond motifs is 1. The molecule has 10 heteroatoms. The van der Waals surface area contributed by atoms with Crippen LogP contribution in [0.25, 0.3) is 10.9 Å². The van der Waals surface area contributed by atoms with Gasteiger partial charge < -0.3 is 15.2 Å². The third-order valence-electron chi connectivity index (χ3n) is 5.05. The van der Waals surface area contributed by atoms with Crippen molar-refractivity contribution in [3.8, 4) is 0 Å². The van der Waals surface area contributed by atoms with E-state index in [2.05, 4.69) is 10.3 Å². The Balaban J connectivity index is 1.93. The summed E-state index contributed by atoms with van der Waals surface area (Å²) in [4.78, 5) is 16.0. The zero-order valence-electron chi connectivity index (χ0n) is 16.6. The first-order chi connectivity index (χ1) is 14.8. The lowest BCUT2D eigenvalue weighted by Crippen LogP contribution is -2.40. The summed E-state index contributed by atoms with van der Waals surface area (Å²) in [6, 6.07) is 9.84. The molecule has 2 N–H and O–H groups in total. The van der Waals surface area contributed by atoms with E-state index in [0.29, 0.717) is 29.1 Å². The second-order valence-electron chi connectivity index (χ2n) is 7.15. The quantitative estimate of drug-likeness (QED) is 0.596. The molecule has 8 nitrogen and oxygen atoms in total. The molecule has 3 aromatic rings. The maximum Gasteiger partial charge on any atom is 0.337 e. The fraction of sp³-hybridized carbons (Fsp3) is 0.238. The van der Waals surface area contributed by atoms with Crippen LogP contribution >= 0.6 is 11.6 Å². The van der Waals surface area contributed by atoms with E-state index in [1.54, 1.807) is 37.3 Å². The zero-order valence-corrected chi connectivity index (χ0v) is 18.2. The van der Waals surface area contributed by atoms with Crippen LogP contribution in [0.5, 0.6) is 0 Å². The summed E-state index contributed by atoms with van der Waals surface area (Å²) >= 11 is 6.19. The van der Waals surface area contributed by atoms with Crippen molar-refractivity contribution in [3.05, 3.63) is 58.7 Å². The number of carboxylic acid groups (broad SMARTS) is 1. The first-order valence-corrected chi connectivity index (χ1v) is 11.4. The van der Waals surface area contributed by atoms with Crippen LogP contribution in [0.15, 0.2) is 47.5 Å². The first-order valence-electron chi connectivity index (χ1n) is 9.54. The Morgan fingerprint density at radius 1 is 1.19 bits per heavy atom. The number of carbonyl (C=O) groups is 1. The molecule has 0 unspecified atom stereocenters. The minimum Gasteiger partial charge on any atom is -0.478 e. The normalized spacial score (nSPS) is 15.2. The molecule has 0 atom stereocenters. The SMILES string of the molecule is Cc1ccc(Nc2c(S(=O)(=O)N3CCOCC3)cnc3ccc(Cl)cc23)c(C(=O)O)c1. The summed E-state index contributed by atoms with van der Waals surface area (Å²) in [5.74, 6) is -1.12. The van der Waals surface area contributed by atoms with Crippen LogP contribution in [0, 0.1) is 6.92 Å². The number of aromatic carboxylic acids is 1. The Bertz CT molecular complexity index is 1270. The number of pyridine rings is 1. The van der Waals surface area contributed by atoms with E-state index in [1.807, 2.05) is 0 Å². The van der Waals surface area contributed by atoms with Gasteiger partial charge in [-0.25, -0.2) is 13.2 Å². The van der Waals surface area contributed by atoms with Crippen LogP contribution in [-0.2, 0) is 14.8 Å². The van der Waals surface area contributed by atoms with E-state index in [1.165, 1.54) is 16.6 Å². The van der Waals surface area contributed by atoms with Gasteiger partial charge in [-0.3, -0.25) is 4.98 Å². The molecule has 1 aromatic heterocycles. The monoisotopic (exact) mass is 461 g/mol. The van der Waals surface area contributed by atoms with E-state index in [0.717, 1.165) is 5.56 Å². The lowest BCUT2D eigenvalue weighted by atomic mass is 10.1. The fourth-order valence-electron chi connectivity index (χ4n) is 3.48. The third-order valence-corrected chi connectivity index (χ3v) is 7.19. The Morgan fingerprint density at radius 2 is 1.94 bits per heavy atom. The molecule has 0 amide bonds. The smallest absolute Gasteiger partial charge is 0.337 e. The van der Waals surface area contributed by atoms with Gasteiger partial charge >= 0.3 is 5.97 Å². The molecule has 4 rings (SSSR count). The number of carboxylic acids is 1. The van der Waals surface area contributed by atoms with Crippen LogP contribution < -0.4 is 5.32 Å². The summed E-state index contributed by atoms with van der Waals surface area (Å²) in [5.41, 5.74) is 1.82. The lowest BCUT2D eigenvalue weighted by Gasteiger charge is -2.27. The van der Waals surface area contributed by atoms with Gasteiger partial charge in [-0.1, -0.05) is 23.2 Å². The highest BCUT2D eigenvalue weighted by Gasteiger charge is 2.30. The van der Waals surface area contributed by atoms with Crippen molar-refractivity contribution in [1.82, 2.24) is 9.29 Å². The summed E-state index contributed by atoms with van der Waals surface area (Å²) < 4.78 is 33.5. The minimum atomic E-state index is -3.92. The van der Waals surface area contributed by atoms with Gasteiger partial charge in [0.15, 0.2) is 0 Å². The van der Waals surface area contributed by atoms with Gasteiger partial charge in [0, 0.05) is 29.7 Å². The summed E-state index contributed by atoms with van der Waals surface area (Å²) in [6.07, 6.45) is 1.29. The number of benzene rings is 2. The van der Waals surface area contributed by atoms with Crippen molar-refractivity contribution in [2.24, 2.45) is 0 Å². The number of aromatic nitrogens is 1. The van der Waals surface area contributed by atoms with Gasteiger partial charge in [-0.15, -0.1) is 0 Å². The molecule has 1 fully saturated rings. The van der Waals surface area contributed by atoms with Crippen molar-refractivity contribution in [3.63, 3.8) is 0 Å². The molecule has 0 bridgehead atoms. The van der Waals surface area contributed by atoms with Crippen molar-refractivity contribution in [1.29, 1.82) is 0 Å². The van der Waals surface area contributed by atoms with Crippen LogP contribution in [0.4, 0.5) is 11.4 Å². The van der Waals surface area contributed by atoms with E-state index in [-0.39, 0.29) is 34.9 Å². The third kappa shape index (κ3) is 4.22. The fourth-order valence-corrected chi connectivity index (χ4v) is 5.16. The Kier molecular flexibility index (Phi) is 5.85. The van der Waals surface area contributed by atoms with Gasteiger partial charge in [-0.2, -0.15) is 4.31 Å². The Labute approximate surface area is 184 Å². The Morgan fingerprint density at radius 3 is 2.65 bits per heavy atom. The average molecular weight is 462 g/mol. The number of rotatable bonds is 5. The van der Waals surface area contributed by atoms with Crippen molar-refractivity contribution in [2.45, 2.75) is 11.8 Å². The summed E-state index contributed by atoms with van der Waals surface area (Å²) in [5, 5.41) is 13.6. The van der Waals surface area contributed by atoms with Crippen LogP contribution in [0.2, 0.25) is 5.02 Å². The predicted octanol–water partition coefficient (Wildman–Crippen LogP) is 3.66. The zero-order chi connectivity index (χ0) is 22.2. The Hall–Kier alpha value is -2.72. The van der Waals surface area contributed by atoms with Gasteiger partial charge in [0.25, 0.3) is 0 Å². The number of nitrogens with one attached hydrogen (secondary N) is 1. The van der Waals surface area contributed by atoms with Gasteiger partial charge in [-0.05, 0) is 37.3 Å². The summed E-state index contributed by atoms with van der Waals surface area (Å²) in [7, 11) is -3.92. The highest BCUT2D eigenvalue weighted by Crippen LogP contribution is 2.36. The molecule has 1 aliphatic heterocycles. The van der Waals surface area contributed by atoms with Gasteiger partial charge in [0.05, 0.1) is 35.7 Å². The van der Waals surface area contributed by atoms with Crippen LogP contribution in [-0.4, -0.2) is 55.1 Å². The number of ether oxygens (including phenoxy) is 1. The number of aryl methyl sites for hydroxylation is 1. The van der Waals surface area contributed by atoms with Crippen molar-refractivity contribution < 1.29 is 23.1 Å². The van der Waals surface area contributed by atoms with E-state index < -0.39 is 16.0 Å². The van der Waals surface area contributed by atoms with Gasteiger partial charge in [0.2, 0.25) is 10.0 Å². The topological polar surface area (TPSA) is 109 Å². The van der Waals surface area contributed by atoms with E-state index >= 15 is 0 Å². The van der Waals surface area contributed by atoms with Crippen molar-refractivity contribution in [2.75, 3.05) is 31.6 Å². The molecule has 162 valence electrons. The van der Waals surface area contributed by atoms with E-state index in [4.69, 9.17) is 16.3 Å². The lowest BCUT2D eigenvalue weighted by molar-refractivity contribution is 0.0698. The molecule has 1 aliphatic rings. The highest BCUT2D eigenvalue weighted by atomic mass is 35.5. The molecular weight excluding hydrogens is 442 g/mol. The van der Waals surface area contributed by atoms with Crippen LogP contribution in [0.3, 0.4) is 0 Å². The molecule has 31 heavy (non-hydrogen) atoms. The molecule has 2 aromatic carbocycles. The average Bonchev–Trinajstić information content (AvgIpc) is 2.75. The largest absolute Gasteiger partial charge is 0.478 e. The number of nitrogens with zero attached hydrogens (tertiary/aromatic N) is 2. The predicted molar refractivity (Wildman–Crippen MR) is 118 cm³/mol. The molecule has 0 spiro atoms. The second-order valence-corrected chi connectivity index (χ2v) is 9.50. The number of hydrogen-bond acceptors (Lipinski definition) is 6.